The van der Waals surface area contributed by atoms with Gasteiger partial charge in [0.05, 0.1) is 5.92 Å². The molecule has 3 rings (SSSR count). The highest BCUT2D eigenvalue weighted by molar-refractivity contribution is 5.79. The predicted molar refractivity (Wildman–Crippen MR) is 82.8 cm³/mol. The van der Waals surface area contributed by atoms with Crippen molar-refractivity contribution in [2.45, 2.75) is 32.1 Å². The topological polar surface area (TPSA) is 45.2 Å². The highest BCUT2D eigenvalue weighted by Crippen LogP contribution is 2.23. The summed E-state index contributed by atoms with van der Waals surface area (Å²) < 4.78 is 0. The van der Waals surface area contributed by atoms with Gasteiger partial charge in [0.25, 0.3) is 0 Å². The van der Waals surface area contributed by atoms with E-state index in [0.717, 1.165) is 58.3 Å². The van der Waals surface area contributed by atoms with E-state index in [2.05, 4.69) is 21.3 Å². The molecule has 0 radical (unpaired) electrons. The molecule has 0 unspecified atom stereocenters. The van der Waals surface area contributed by atoms with Gasteiger partial charge in [-0.2, -0.15) is 0 Å². The highest BCUT2D eigenvalue weighted by Gasteiger charge is 2.29. The van der Waals surface area contributed by atoms with E-state index in [1.807, 2.05) is 18.5 Å². The summed E-state index contributed by atoms with van der Waals surface area (Å²) in [5, 5.41) is 3.34. The van der Waals surface area contributed by atoms with Gasteiger partial charge in [-0.05, 0) is 56.2 Å². The Hall–Kier alpha value is -1.42. The molecular formula is C17H25N3O. The summed E-state index contributed by atoms with van der Waals surface area (Å²) in [6.45, 7) is 3.80. The van der Waals surface area contributed by atoms with Gasteiger partial charge < -0.3 is 10.2 Å². The number of carbonyl (C=O) groups excluding carboxylic acids is 1. The summed E-state index contributed by atoms with van der Waals surface area (Å²) in [5.41, 5.74) is 1.32. The van der Waals surface area contributed by atoms with Crippen LogP contribution in [0.3, 0.4) is 0 Å². The van der Waals surface area contributed by atoms with E-state index in [-0.39, 0.29) is 5.92 Å². The number of nitrogens with one attached hydrogen (secondary N) is 1. The van der Waals surface area contributed by atoms with Crippen LogP contribution in [0.25, 0.3) is 0 Å². The smallest absolute Gasteiger partial charge is 0.226 e. The summed E-state index contributed by atoms with van der Waals surface area (Å²) >= 11 is 0. The predicted octanol–water partition coefficient (Wildman–Crippen LogP) is 1.86. The van der Waals surface area contributed by atoms with Crippen molar-refractivity contribution >= 4 is 5.91 Å². The van der Waals surface area contributed by atoms with E-state index in [0.29, 0.717) is 11.8 Å². The van der Waals surface area contributed by atoms with Gasteiger partial charge >= 0.3 is 0 Å². The molecule has 0 aromatic carbocycles. The molecule has 1 atom stereocenters. The number of piperidine rings is 2. The Morgan fingerprint density at radius 2 is 2.19 bits per heavy atom. The van der Waals surface area contributed by atoms with Crippen molar-refractivity contribution in [3.63, 3.8) is 0 Å². The zero-order valence-electron chi connectivity index (χ0n) is 12.6. The van der Waals surface area contributed by atoms with Crippen LogP contribution in [0.15, 0.2) is 24.5 Å². The SMILES string of the molecule is O=C([C@@H]1CCCNC1)N1CCC(Cc2cccnc2)CC1. The Balaban J connectivity index is 1.47. The van der Waals surface area contributed by atoms with Crippen molar-refractivity contribution in [3.05, 3.63) is 30.1 Å². The van der Waals surface area contributed by atoms with Crippen molar-refractivity contribution in [2.75, 3.05) is 26.2 Å². The lowest BCUT2D eigenvalue weighted by molar-refractivity contribution is -0.137. The fourth-order valence-electron chi connectivity index (χ4n) is 3.53. The van der Waals surface area contributed by atoms with Crippen LogP contribution in [0.4, 0.5) is 0 Å². The Bertz CT molecular complexity index is 448. The number of hydrogen-bond donors (Lipinski definition) is 1. The van der Waals surface area contributed by atoms with Crippen LogP contribution in [-0.2, 0) is 11.2 Å². The molecule has 1 aromatic rings. The second-order valence-electron chi connectivity index (χ2n) is 6.38. The minimum atomic E-state index is 0.216. The summed E-state index contributed by atoms with van der Waals surface area (Å²) in [5.74, 6) is 1.29. The number of rotatable bonds is 3. The molecule has 1 aromatic heterocycles. The van der Waals surface area contributed by atoms with Crippen LogP contribution >= 0.6 is 0 Å². The molecule has 4 heteroatoms. The number of hydrogen-bond acceptors (Lipinski definition) is 3. The molecule has 1 amide bonds. The third-order valence-corrected chi connectivity index (χ3v) is 4.82. The van der Waals surface area contributed by atoms with Crippen molar-refractivity contribution in [1.82, 2.24) is 15.2 Å². The normalized spacial score (nSPS) is 24.0. The maximum absolute atomic E-state index is 12.5. The molecule has 0 bridgehead atoms. The number of carbonyl (C=O) groups is 1. The lowest BCUT2D eigenvalue weighted by Gasteiger charge is -2.35. The maximum atomic E-state index is 12.5. The number of nitrogens with zero attached hydrogens (tertiary/aromatic N) is 2. The molecule has 0 aliphatic carbocycles. The fraction of sp³-hybridized carbons (Fsp3) is 0.647. The first-order valence-corrected chi connectivity index (χ1v) is 8.21. The molecule has 114 valence electrons. The minimum Gasteiger partial charge on any atom is -0.342 e. The molecule has 2 saturated heterocycles. The van der Waals surface area contributed by atoms with Gasteiger partial charge in [0.15, 0.2) is 0 Å². The zero-order valence-corrected chi connectivity index (χ0v) is 12.6. The van der Waals surface area contributed by atoms with Crippen molar-refractivity contribution < 1.29 is 4.79 Å². The standard InChI is InChI=1S/C17H25N3O/c21-17(16-4-2-8-19-13-16)20-9-5-14(6-10-20)11-15-3-1-7-18-12-15/h1,3,7,12,14,16,19H,2,4-6,8-11,13H2/t16-/m1/s1. The first-order chi connectivity index (χ1) is 10.3. The lowest BCUT2D eigenvalue weighted by atomic mass is 9.89. The van der Waals surface area contributed by atoms with Crippen molar-refractivity contribution in [2.24, 2.45) is 11.8 Å². The molecule has 2 aliphatic heterocycles. The van der Waals surface area contributed by atoms with Crippen LogP contribution in [-0.4, -0.2) is 42.0 Å². The minimum absolute atomic E-state index is 0.216. The number of pyridine rings is 1. The molecule has 0 saturated carbocycles. The Kier molecular flexibility index (Phi) is 4.86. The van der Waals surface area contributed by atoms with Crippen molar-refractivity contribution in [3.8, 4) is 0 Å². The van der Waals surface area contributed by atoms with Crippen LogP contribution in [0, 0.1) is 11.8 Å². The van der Waals surface area contributed by atoms with Gasteiger partial charge in [-0.1, -0.05) is 6.07 Å². The first-order valence-electron chi connectivity index (χ1n) is 8.21. The third-order valence-electron chi connectivity index (χ3n) is 4.82. The summed E-state index contributed by atoms with van der Waals surface area (Å²) in [6.07, 6.45) is 9.33. The van der Waals surface area contributed by atoms with Crippen LogP contribution in [0.2, 0.25) is 0 Å². The second-order valence-corrected chi connectivity index (χ2v) is 6.38. The lowest BCUT2D eigenvalue weighted by Crippen LogP contribution is -2.46. The van der Waals surface area contributed by atoms with E-state index in [1.54, 1.807) is 0 Å². The summed E-state index contributed by atoms with van der Waals surface area (Å²) in [4.78, 5) is 18.8. The molecule has 0 spiro atoms. The van der Waals surface area contributed by atoms with Gasteiger partial charge in [0.1, 0.15) is 0 Å². The van der Waals surface area contributed by atoms with Crippen LogP contribution < -0.4 is 5.32 Å². The quantitative estimate of drug-likeness (QED) is 0.923. The van der Waals surface area contributed by atoms with E-state index in [4.69, 9.17) is 0 Å². The van der Waals surface area contributed by atoms with Gasteiger partial charge in [0, 0.05) is 32.0 Å². The first kappa shape index (κ1) is 14.5. The molecule has 1 N–H and O–H groups in total. The number of likely N-dealkylation sites (tertiary alicyclic amines) is 1. The number of aromatic nitrogens is 1. The Morgan fingerprint density at radius 3 is 2.86 bits per heavy atom. The fourth-order valence-corrected chi connectivity index (χ4v) is 3.53. The number of amides is 1. The maximum Gasteiger partial charge on any atom is 0.226 e. The van der Waals surface area contributed by atoms with E-state index in [1.165, 1.54) is 5.56 Å². The summed E-state index contributed by atoms with van der Waals surface area (Å²) in [6, 6.07) is 4.16. The average Bonchev–Trinajstić information content (AvgIpc) is 2.57. The van der Waals surface area contributed by atoms with E-state index < -0.39 is 0 Å². The highest BCUT2D eigenvalue weighted by atomic mass is 16.2. The molecule has 2 fully saturated rings. The van der Waals surface area contributed by atoms with Crippen molar-refractivity contribution in [1.29, 1.82) is 0 Å². The van der Waals surface area contributed by atoms with Gasteiger partial charge in [-0.25, -0.2) is 0 Å². The van der Waals surface area contributed by atoms with Crippen LogP contribution in [0.5, 0.6) is 0 Å². The Labute approximate surface area is 126 Å². The third kappa shape index (κ3) is 3.82. The summed E-state index contributed by atoms with van der Waals surface area (Å²) in [7, 11) is 0. The molecule has 3 heterocycles. The van der Waals surface area contributed by atoms with Gasteiger partial charge in [-0.15, -0.1) is 0 Å². The van der Waals surface area contributed by atoms with Gasteiger partial charge in [-0.3, -0.25) is 9.78 Å². The molecular weight excluding hydrogens is 262 g/mol. The van der Waals surface area contributed by atoms with Crippen LogP contribution in [0.1, 0.15) is 31.2 Å². The van der Waals surface area contributed by atoms with E-state index in [9.17, 15) is 4.79 Å². The second kappa shape index (κ2) is 7.03. The van der Waals surface area contributed by atoms with E-state index >= 15 is 0 Å². The van der Waals surface area contributed by atoms with Gasteiger partial charge in [0.2, 0.25) is 5.91 Å². The molecule has 4 nitrogen and oxygen atoms in total. The molecule has 2 aliphatic rings. The average molecular weight is 287 g/mol. The molecule has 21 heavy (non-hydrogen) atoms. The monoisotopic (exact) mass is 287 g/mol. The zero-order chi connectivity index (χ0) is 14.5. The Morgan fingerprint density at radius 1 is 1.33 bits per heavy atom. The largest absolute Gasteiger partial charge is 0.342 e.